The molecule has 2 heterocycles. The number of hydrogen-bond acceptors (Lipinski definition) is 3. The largest absolute Gasteiger partial charge is 0.326 e. The Bertz CT molecular complexity index is 405. The minimum atomic E-state index is 0.134. The van der Waals surface area contributed by atoms with Crippen molar-refractivity contribution >= 4 is 0 Å². The summed E-state index contributed by atoms with van der Waals surface area (Å²) in [6.45, 7) is 11.0. The zero-order chi connectivity index (χ0) is 14.0. The Morgan fingerprint density at radius 2 is 2.11 bits per heavy atom. The molecule has 1 aromatic heterocycles. The predicted molar refractivity (Wildman–Crippen MR) is 78.9 cm³/mol. The number of likely N-dealkylation sites (tertiary alicyclic amines) is 1. The minimum absolute atomic E-state index is 0.134. The summed E-state index contributed by atoms with van der Waals surface area (Å²) in [5.41, 5.74) is 7.90. The van der Waals surface area contributed by atoms with Crippen molar-refractivity contribution in [2.75, 3.05) is 6.54 Å². The Kier molecular flexibility index (Phi) is 4.31. The molecule has 0 saturated carbocycles. The van der Waals surface area contributed by atoms with Crippen LogP contribution in [0.5, 0.6) is 0 Å². The Morgan fingerprint density at radius 3 is 2.74 bits per heavy atom. The maximum Gasteiger partial charge on any atom is 0.0674 e. The van der Waals surface area contributed by atoms with Gasteiger partial charge < -0.3 is 5.73 Å². The van der Waals surface area contributed by atoms with Crippen LogP contribution in [0, 0.1) is 0 Å². The molecule has 19 heavy (non-hydrogen) atoms. The van der Waals surface area contributed by atoms with Crippen LogP contribution in [0.2, 0.25) is 0 Å². The molecule has 2 atom stereocenters. The Hall–Kier alpha value is -0.870. The summed E-state index contributed by atoms with van der Waals surface area (Å²) in [4.78, 5) is 2.56. The molecular formula is C15H28N4. The van der Waals surface area contributed by atoms with Crippen LogP contribution in [-0.2, 0) is 6.54 Å². The summed E-state index contributed by atoms with van der Waals surface area (Å²) in [6, 6.07) is 2.62. The lowest BCUT2D eigenvalue weighted by molar-refractivity contribution is 0.0706. The molecule has 4 heteroatoms. The smallest absolute Gasteiger partial charge is 0.0674 e. The molecule has 0 aliphatic carbocycles. The molecule has 2 rings (SSSR count). The number of nitrogens with two attached hydrogens (primary N) is 1. The van der Waals surface area contributed by atoms with Gasteiger partial charge in [-0.15, -0.1) is 0 Å². The van der Waals surface area contributed by atoms with Crippen molar-refractivity contribution in [3.63, 3.8) is 0 Å². The summed E-state index contributed by atoms with van der Waals surface area (Å²) in [7, 11) is 0. The van der Waals surface area contributed by atoms with Crippen molar-refractivity contribution in [2.24, 2.45) is 5.73 Å². The normalized spacial score (nSPS) is 26.4. The quantitative estimate of drug-likeness (QED) is 0.893. The maximum atomic E-state index is 6.50. The maximum absolute atomic E-state index is 6.50. The van der Waals surface area contributed by atoms with Crippen LogP contribution in [0.4, 0.5) is 0 Å². The van der Waals surface area contributed by atoms with E-state index in [2.05, 4.69) is 48.4 Å². The second kappa shape index (κ2) is 5.63. The lowest BCUT2D eigenvalue weighted by Crippen LogP contribution is -2.49. The van der Waals surface area contributed by atoms with Crippen LogP contribution in [0.3, 0.4) is 0 Å². The first-order chi connectivity index (χ1) is 8.95. The summed E-state index contributed by atoms with van der Waals surface area (Å²) >= 11 is 0. The zero-order valence-corrected chi connectivity index (χ0v) is 12.8. The fraction of sp³-hybridized carbons (Fsp3) is 0.800. The van der Waals surface area contributed by atoms with E-state index in [9.17, 15) is 0 Å². The third-order valence-electron chi connectivity index (χ3n) is 4.14. The van der Waals surface area contributed by atoms with Gasteiger partial charge in [0.05, 0.1) is 11.7 Å². The molecule has 1 saturated heterocycles. The van der Waals surface area contributed by atoms with Gasteiger partial charge in [-0.05, 0) is 53.1 Å². The van der Waals surface area contributed by atoms with E-state index in [0.717, 1.165) is 19.5 Å². The van der Waals surface area contributed by atoms with E-state index < -0.39 is 0 Å². The fourth-order valence-corrected chi connectivity index (χ4v) is 3.18. The highest BCUT2D eigenvalue weighted by Gasteiger charge is 2.36. The summed E-state index contributed by atoms with van der Waals surface area (Å²) in [5, 5.41) is 4.43. The molecule has 1 aliphatic heterocycles. The van der Waals surface area contributed by atoms with Gasteiger partial charge in [-0.1, -0.05) is 6.42 Å². The molecule has 1 fully saturated rings. The van der Waals surface area contributed by atoms with Crippen LogP contribution >= 0.6 is 0 Å². The fourth-order valence-electron chi connectivity index (χ4n) is 3.18. The molecule has 0 radical (unpaired) electrons. The van der Waals surface area contributed by atoms with Gasteiger partial charge in [0.25, 0.3) is 0 Å². The van der Waals surface area contributed by atoms with Gasteiger partial charge in [0.15, 0.2) is 0 Å². The third-order valence-corrected chi connectivity index (χ3v) is 4.14. The molecule has 0 spiro atoms. The van der Waals surface area contributed by atoms with Crippen LogP contribution in [0.15, 0.2) is 12.3 Å². The highest BCUT2D eigenvalue weighted by Crippen LogP contribution is 2.34. The molecule has 4 nitrogen and oxygen atoms in total. The molecule has 0 aromatic carbocycles. The van der Waals surface area contributed by atoms with Gasteiger partial charge in [-0.3, -0.25) is 9.58 Å². The van der Waals surface area contributed by atoms with Crippen molar-refractivity contribution in [2.45, 2.75) is 71.1 Å². The van der Waals surface area contributed by atoms with E-state index in [1.54, 1.807) is 0 Å². The summed E-state index contributed by atoms with van der Waals surface area (Å²) in [6.07, 6.45) is 5.47. The number of aryl methyl sites for hydroxylation is 1. The van der Waals surface area contributed by atoms with Crippen LogP contribution < -0.4 is 5.73 Å². The summed E-state index contributed by atoms with van der Waals surface area (Å²) < 4.78 is 2.09. The van der Waals surface area contributed by atoms with E-state index in [0.29, 0.717) is 0 Å². The second-order valence-corrected chi connectivity index (χ2v) is 6.54. The van der Waals surface area contributed by atoms with E-state index >= 15 is 0 Å². The first kappa shape index (κ1) is 14.5. The SMILES string of the molecule is CCn1nccc1C1C(N)CCCCN1C(C)(C)C. The van der Waals surface area contributed by atoms with Gasteiger partial charge in [0, 0.05) is 24.3 Å². The first-order valence-corrected chi connectivity index (χ1v) is 7.49. The molecule has 2 unspecified atom stereocenters. The van der Waals surface area contributed by atoms with Crippen molar-refractivity contribution in [3.05, 3.63) is 18.0 Å². The highest BCUT2D eigenvalue weighted by molar-refractivity contribution is 5.12. The monoisotopic (exact) mass is 264 g/mol. The second-order valence-electron chi connectivity index (χ2n) is 6.54. The van der Waals surface area contributed by atoms with E-state index in [1.165, 1.54) is 18.5 Å². The van der Waals surface area contributed by atoms with Gasteiger partial charge in [0.1, 0.15) is 0 Å². The summed E-state index contributed by atoms with van der Waals surface area (Å²) in [5.74, 6) is 0. The average molecular weight is 264 g/mol. The number of hydrogen-bond donors (Lipinski definition) is 1. The van der Waals surface area contributed by atoms with Gasteiger partial charge in [-0.2, -0.15) is 5.10 Å². The van der Waals surface area contributed by atoms with Crippen molar-refractivity contribution in [1.29, 1.82) is 0 Å². The average Bonchev–Trinajstić information content (AvgIpc) is 2.70. The van der Waals surface area contributed by atoms with Crippen LogP contribution in [-0.4, -0.2) is 32.8 Å². The Labute approximate surface area is 117 Å². The van der Waals surface area contributed by atoms with E-state index in [1.807, 2.05) is 6.20 Å². The van der Waals surface area contributed by atoms with E-state index in [-0.39, 0.29) is 17.6 Å². The number of rotatable bonds is 2. The third kappa shape index (κ3) is 3.00. The van der Waals surface area contributed by atoms with Crippen molar-refractivity contribution in [3.8, 4) is 0 Å². The Balaban J connectivity index is 2.40. The lowest BCUT2D eigenvalue weighted by Gasteiger charge is -2.42. The van der Waals surface area contributed by atoms with Gasteiger partial charge in [0.2, 0.25) is 0 Å². The van der Waals surface area contributed by atoms with Gasteiger partial charge in [-0.25, -0.2) is 0 Å². The molecule has 0 amide bonds. The van der Waals surface area contributed by atoms with Crippen molar-refractivity contribution < 1.29 is 0 Å². The Morgan fingerprint density at radius 1 is 1.37 bits per heavy atom. The predicted octanol–water partition coefficient (Wildman–Crippen LogP) is 2.56. The topological polar surface area (TPSA) is 47.1 Å². The molecule has 1 aliphatic rings. The number of aromatic nitrogens is 2. The van der Waals surface area contributed by atoms with E-state index in [4.69, 9.17) is 5.73 Å². The minimum Gasteiger partial charge on any atom is -0.326 e. The molecular weight excluding hydrogens is 236 g/mol. The van der Waals surface area contributed by atoms with Crippen molar-refractivity contribution in [1.82, 2.24) is 14.7 Å². The molecule has 0 bridgehead atoms. The van der Waals surface area contributed by atoms with Crippen LogP contribution in [0.25, 0.3) is 0 Å². The lowest BCUT2D eigenvalue weighted by atomic mass is 9.96. The standard InChI is InChI=1S/C15H28N4/c1-5-19-13(9-10-17-19)14-12(16)8-6-7-11-18(14)15(2,3)4/h9-10,12,14H,5-8,11,16H2,1-4H3. The molecule has 108 valence electrons. The van der Waals surface area contributed by atoms with Crippen LogP contribution in [0.1, 0.15) is 58.7 Å². The first-order valence-electron chi connectivity index (χ1n) is 7.49. The molecule has 1 aromatic rings. The molecule has 2 N–H and O–H groups in total. The zero-order valence-electron chi connectivity index (χ0n) is 12.8. The highest BCUT2D eigenvalue weighted by atomic mass is 15.3. The van der Waals surface area contributed by atoms with Gasteiger partial charge >= 0.3 is 0 Å². The number of nitrogens with zero attached hydrogens (tertiary/aromatic N) is 3.